The quantitative estimate of drug-likeness (QED) is 0.620. The van der Waals surface area contributed by atoms with Crippen molar-refractivity contribution in [3.8, 4) is 5.75 Å². The number of ether oxygens (including phenoxy) is 1. The molecule has 0 saturated heterocycles. The number of hydrazine groups is 1. The van der Waals surface area contributed by atoms with Crippen LogP contribution in [0.15, 0.2) is 41.6 Å². The SMILES string of the molecule is CC[C@@H](C)c1ccccc1OCC(=O)NNS(=O)(=O)c1cn[nH]c1. The first-order valence-electron chi connectivity index (χ1n) is 7.45. The highest BCUT2D eigenvalue weighted by Crippen LogP contribution is 2.28. The van der Waals surface area contributed by atoms with Crippen molar-refractivity contribution in [2.75, 3.05) is 6.61 Å². The van der Waals surface area contributed by atoms with E-state index in [0.29, 0.717) is 11.7 Å². The highest BCUT2D eigenvalue weighted by molar-refractivity contribution is 7.89. The lowest BCUT2D eigenvalue weighted by molar-refractivity contribution is -0.123. The number of aromatic amines is 1. The summed E-state index contributed by atoms with van der Waals surface area (Å²) in [7, 11) is -3.85. The maximum atomic E-state index is 11.8. The molecule has 0 radical (unpaired) electrons. The van der Waals surface area contributed by atoms with Crippen LogP contribution in [-0.2, 0) is 14.8 Å². The zero-order valence-corrected chi connectivity index (χ0v) is 14.3. The monoisotopic (exact) mass is 352 g/mol. The van der Waals surface area contributed by atoms with Gasteiger partial charge in [-0.05, 0) is 24.0 Å². The Bertz CT molecular complexity index is 775. The Morgan fingerprint density at radius 3 is 2.79 bits per heavy atom. The van der Waals surface area contributed by atoms with E-state index in [0.717, 1.165) is 18.2 Å². The summed E-state index contributed by atoms with van der Waals surface area (Å²) in [5, 5.41) is 5.93. The Balaban J connectivity index is 1.90. The zero-order chi connectivity index (χ0) is 17.6. The molecule has 0 aliphatic heterocycles. The van der Waals surface area contributed by atoms with E-state index < -0.39 is 15.9 Å². The van der Waals surface area contributed by atoms with Gasteiger partial charge in [0, 0.05) is 6.20 Å². The first-order valence-corrected chi connectivity index (χ1v) is 8.93. The smallest absolute Gasteiger partial charge is 0.272 e. The number of amides is 1. The van der Waals surface area contributed by atoms with E-state index in [4.69, 9.17) is 4.74 Å². The van der Waals surface area contributed by atoms with Crippen molar-refractivity contribution in [3.63, 3.8) is 0 Å². The molecule has 24 heavy (non-hydrogen) atoms. The normalized spacial score (nSPS) is 12.6. The van der Waals surface area contributed by atoms with Crippen molar-refractivity contribution in [1.82, 2.24) is 20.5 Å². The van der Waals surface area contributed by atoms with Gasteiger partial charge in [-0.15, -0.1) is 4.83 Å². The summed E-state index contributed by atoms with van der Waals surface area (Å²) in [4.78, 5) is 13.7. The summed E-state index contributed by atoms with van der Waals surface area (Å²) in [6.45, 7) is 3.83. The zero-order valence-electron chi connectivity index (χ0n) is 13.4. The lowest BCUT2D eigenvalue weighted by Gasteiger charge is -2.15. The molecule has 9 heteroatoms. The Morgan fingerprint density at radius 2 is 2.12 bits per heavy atom. The van der Waals surface area contributed by atoms with Gasteiger partial charge in [0.15, 0.2) is 6.61 Å². The highest BCUT2D eigenvalue weighted by atomic mass is 32.2. The molecule has 0 spiro atoms. The van der Waals surface area contributed by atoms with Crippen LogP contribution in [0, 0.1) is 0 Å². The molecule has 0 saturated carbocycles. The predicted octanol–water partition coefficient (Wildman–Crippen LogP) is 1.31. The lowest BCUT2D eigenvalue weighted by atomic mass is 9.98. The number of para-hydroxylation sites is 1. The summed E-state index contributed by atoms with van der Waals surface area (Å²) in [6, 6.07) is 7.46. The molecule has 130 valence electrons. The Labute approximate surface area is 140 Å². The van der Waals surface area contributed by atoms with Gasteiger partial charge in [-0.25, -0.2) is 8.42 Å². The van der Waals surface area contributed by atoms with Crippen molar-refractivity contribution < 1.29 is 17.9 Å². The molecule has 2 aromatic rings. The standard InChI is InChI=1S/C15H20N4O4S/c1-3-11(2)13-6-4-5-7-14(13)23-10-15(20)18-19-24(21,22)12-8-16-17-9-12/h4-9,11,19H,3,10H2,1-2H3,(H,16,17)(H,18,20)/t11-/m1/s1. The second-order valence-corrected chi connectivity index (χ2v) is 6.91. The second-order valence-electron chi connectivity index (χ2n) is 5.22. The fourth-order valence-corrected chi connectivity index (χ4v) is 2.75. The number of aromatic nitrogens is 2. The molecule has 0 aliphatic rings. The van der Waals surface area contributed by atoms with E-state index in [1.807, 2.05) is 23.0 Å². The molecule has 0 unspecified atom stereocenters. The molecule has 8 nitrogen and oxygen atoms in total. The minimum Gasteiger partial charge on any atom is -0.483 e. The van der Waals surface area contributed by atoms with Crippen molar-refractivity contribution in [1.29, 1.82) is 0 Å². The third-order valence-electron chi connectivity index (χ3n) is 3.53. The van der Waals surface area contributed by atoms with E-state index in [-0.39, 0.29) is 11.5 Å². The van der Waals surface area contributed by atoms with E-state index >= 15 is 0 Å². The number of carbonyl (C=O) groups excluding carboxylic acids is 1. The lowest BCUT2D eigenvalue weighted by Crippen LogP contribution is -2.43. The Morgan fingerprint density at radius 1 is 1.38 bits per heavy atom. The number of nitrogens with zero attached hydrogens (tertiary/aromatic N) is 1. The number of carbonyl (C=O) groups is 1. The maximum absolute atomic E-state index is 11.8. The van der Waals surface area contributed by atoms with Crippen LogP contribution >= 0.6 is 0 Å². The molecular formula is C15H20N4O4S. The van der Waals surface area contributed by atoms with E-state index in [9.17, 15) is 13.2 Å². The maximum Gasteiger partial charge on any atom is 0.272 e. The van der Waals surface area contributed by atoms with Crippen molar-refractivity contribution >= 4 is 15.9 Å². The number of hydrogen-bond donors (Lipinski definition) is 3. The largest absolute Gasteiger partial charge is 0.483 e. The summed E-state index contributed by atoms with van der Waals surface area (Å²) in [5.41, 5.74) is 3.11. The fraction of sp³-hybridized carbons (Fsp3) is 0.333. The predicted molar refractivity (Wildman–Crippen MR) is 87.7 cm³/mol. The van der Waals surface area contributed by atoms with Crippen LogP contribution in [0.4, 0.5) is 0 Å². The molecule has 1 amide bonds. The fourth-order valence-electron chi connectivity index (χ4n) is 1.99. The van der Waals surface area contributed by atoms with Gasteiger partial charge in [0.2, 0.25) is 0 Å². The average Bonchev–Trinajstić information content (AvgIpc) is 3.13. The first kappa shape index (κ1) is 18.0. The third-order valence-corrected chi connectivity index (χ3v) is 4.74. The molecule has 1 aromatic carbocycles. The number of nitrogens with one attached hydrogen (secondary N) is 3. The number of benzene rings is 1. The minimum absolute atomic E-state index is 0.0779. The van der Waals surface area contributed by atoms with Gasteiger partial charge in [-0.1, -0.05) is 32.0 Å². The van der Waals surface area contributed by atoms with E-state index in [1.165, 1.54) is 6.20 Å². The van der Waals surface area contributed by atoms with Gasteiger partial charge in [-0.2, -0.15) is 5.10 Å². The molecule has 1 atom stereocenters. The van der Waals surface area contributed by atoms with Crippen LogP contribution in [0.3, 0.4) is 0 Å². The Hall–Kier alpha value is -2.39. The second kappa shape index (κ2) is 7.93. The molecule has 0 fully saturated rings. The Kier molecular flexibility index (Phi) is 5.93. The van der Waals surface area contributed by atoms with Crippen LogP contribution in [0.25, 0.3) is 0 Å². The minimum atomic E-state index is -3.85. The summed E-state index contributed by atoms with van der Waals surface area (Å²) < 4.78 is 29.2. The van der Waals surface area contributed by atoms with Gasteiger partial charge in [0.1, 0.15) is 10.6 Å². The molecule has 0 bridgehead atoms. The van der Waals surface area contributed by atoms with E-state index in [2.05, 4.69) is 29.5 Å². The molecule has 3 N–H and O–H groups in total. The van der Waals surface area contributed by atoms with Gasteiger partial charge in [-0.3, -0.25) is 15.3 Å². The van der Waals surface area contributed by atoms with Gasteiger partial charge >= 0.3 is 0 Å². The number of sulfonamides is 1. The van der Waals surface area contributed by atoms with Crippen LogP contribution in [0.2, 0.25) is 0 Å². The van der Waals surface area contributed by atoms with E-state index in [1.54, 1.807) is 6.07 Å². The molecule has 2 rings (SSSR count). The topological polar surface area (TPSA) is 113 Å². The van der Waals surface area contributed by atoms with Crippen molar-refractivity contribution in [3.05, 3.63) is 42.2 Å². The summed E-state index contributed by atoms with van der Waals surface area (Å²) in [6.07, 6.45) is 3.28. The molecule has 1 aromatic heterocycles. The van der Waals surface area contributed by atoms with Crippen LogP contribution in [0.5, 0.6) is 5.75 Å². The van der Waals surface area contributed by atoms with Crippen LogP contribution in [0.1, 0.15) is 31.7 Å². The average molecular weight is 352 g/mol. The number of H-pyrrole nitrogens is 1. The van der Waals surface area contributed by atoms with Gasteiger partial charge < -0.3 is 4.74 Å². The summed E-state index contributed by atoms with van der Waals surface area (Å²) in [5.74, 6) is 0.296. The van der Waals surface area contributed by atoms with Crippen LogP contribution in [-0.4, -0.2) is 31.1 Å². The van der Waals surface area contributed by atoms with Crippen LogP contribution < -0.4 is 15.0 Å². The van der Waals surface area contributed by atoms with Gasteiger partial charge in [0.25, 0.3) is 15.9 Å². The van der Waals surface area contributed by atoms with Crippen molar-refractivity contribution in [2.24, 2.45) is 0 Å². The van der Waals surface area contributed by atoms with Crippen molar-refractivity contribution in [2.45, 2.75) is 31.1 Å². The first-order chi connectivity index (χ1) is 11.4. The third kappa shape index (κ3) is 4.56. The number of rotatable bonds is 8. The number of hydrogen-bond acceptors (Lipinski definition) is 5. The molecular weight excluding hydrogens is 332 g/mol. The summed E-state index contributed by atoms with van der Waals surface area (Å²) >= 11 is 0. The highest BCUT2D eigenvalue weighted by Gasteiger charge is 2.16. The van der Waals surface area contributed by atoms with Gasteiger partial charge in [0.05, 0.1) is 6.20 Å². The molecule has 1 heterocycles. The molecule has 0 aliphatic carbocycles.